The molecule has 0 fully saturated rings. The van der Waals surface area contributed by atoms with E-state index in [9.17, 15) is 4.79 Å². The summed E-state index contributed by atoms with van der Waals surface area (Å²) in [6, 6.07) is 0.0263. The molecule has 0 radical (unpaired) electrons. The van der Waals surface area contributed by atoms with Gasteiger partial charge in [-0.2, -0.15) is 0 Å². The van der Waals surface area contributed by atoms with Crippen molar-refractivity contribution in [2.24, 2.45) is 5.73 Å². The van der Waals surface area contributed by atoms with Crippen molar-refractivity contribution in [3.63, 3.8) is 0 Å². The highest BCUT2D eigenvalue weighted by molar-refractivity contribution is 9.11. The van der Waals surface area contributed by atoms with Crippen molar-refractivity contribution in [1.82, 2.24) is 0 Å². The SMILES string of the molecule is CC/C=C(Br)\C=C(\C=O)CC(C)N. The number of carbonyl (C=O) groups is 1. The van der Waals surface area contributed by atoms with E-state index in [1.54, 1.807) is 0 Å². The molecule has 0 saturated heterocycles. The van der Waals surface area contributed by atoms with Gasteiger partial charge in [-0.1, -0.05) is 28.9 Å². The molecule has 3 heteroatoms. The van der Waals surface area contributed by atoms with Crippen LogP contribution in [-0.4, -0.2) is 12.3 Å². The molecule has 0 saturated carbocycles. The van der Waals surface area contributed by atoms with E-state index in [1.165, 1.54) is 0 Å². The van der Waals surface area contributed by atoms with Crippen LogP contribution < -0.4 is 5.73 Å². The van der Waals surface area contributed by atoms with Crippen LogP contribution in [0.15, 0.2) is 22.2 Å². The molecule has 1 atom stereocenters. The van der Waals surface area contributed by atoms with E-state index < -0.39 is 0 Å². The standard InChI is InChI=1S/C10H16BrNO/c1-3-4-10(11)6-9(7-13)5-8(2)12/h4,6-8H,3,5,12H2,1-2H3/b9-6+,10-4+. The molecule has 0 aromatic heterocycles. The summed E-state index contributed by atoms with van der Waals surface area (Å²) in [6.45, 7) is 3.93. The zero-order chi connectivity index (χ0) is 10.3. The van der Waals surface area contributed by atoms with E-state index in [4.69, 9.17) is 5.73 Å². The molecule has 0 aliphatic heterocycles. The second-order valence-electron chi connectivity index (χ2n) is 3.02. The molecule has 0 aromatic carbocycles. The van der Waals surface area contributed by atoms with Gasteiger partial charge in [0.15, 0.2) is 0 Å². The van der Waals surface area contributed by atoms with Crippen LogP contribution in [0.5, 0.6) is 0 Å². The molecule has 0 rings (SSSR count). The van der Waals surface area contributed by atoms with Gasteiger partial charge in [-0.3, -0.25) is 4.79 Å². The first kappa shape index (κ1) is 12.6. The Labute approximate surface area is 88.0 Å². The van der Waals surface area contributed by atoms with Gasteiger partial charge in [-0.15, -0.1) is 0 Å². The van der Waals surface area contributed by atoms with Crippen LogP contribution in [0.3, 0.4) is 0 Å². The highest BCUT2D eigenvalue weighted by atomic mass is 79.9. The number of rotatable bonds is 5. The minimum absolute atomic E-state index is 0.0263. The highest BCUT2D eigenvalue weighted by Crippen LogP contribution is 2.12. The average molecular weight is 246 g/mol. The maximum Gasteiger partial charge on any atom is 0.146 e. The Morgan fingerprint density at radius 1 is 1.62 bits per heavy atom. The number of allylic oxidation sites excluding steroid dienone is 3. The summed E-state index contributed by atoms with van der Waals surface area (Å²) < 4.78 is 0.942. The summed E-state index contributed by atoms with van der Waals surface area (Å²) in [4.78, 5) is 10.6. The fourth-order valence-corrected chi connectivity index (χ4v) is 1.56. The summed E-state index contributed by atoms with van der Waals surface area (Å²) in [7, 11) is 0. The van der Waals surface area contributed by atoms with E-state index in [-0.39, 0.29) is 6.04 Å². The predicted molar refractivity (Wildman–Crippen MR) is 59.7 cm³/mol. The fourth-order valence-electron chi connectivity index (χ4n) is 0.944. The van der Waals surface area contributed by atoms with E-state index >= 15 is 0 Å². The normalized spacial score (nSPS) is 15.7. The van der Waals surface area contributed by atoms with Gasteiger partial charge >= 0.3 is 0 Å². The lowest BCUT2D eigenvalue weighted by Crippen LogP contribution is -2.15. The quantitative estimate of drug-likeness (QED) is 0.460. The van der Waals surface area contributed by atoms with Crippen molar-refractivity contribution >= 4 is 22.2 Å². The van der Waals surface area contributed by atoms with E-state index in [0.29, 0.717) is 6.42 Å². The van der Waals surface area contributed by atoms with Crippen LogP contribution in [0, 0.1) is 0 Å². The number of hydrogen-bond donors (Lipinski definition) is 1. The van der Waals surface area contributed by atoms with Crippen LogP contribution in [0.4, 0.5) is 0 Å². The minimum atomic E-state index is 0.0263. The number of nitrogens with two attached hydrogens (primary N) is 1. The van der Waals surface area contributed by atoms with Gasteiger partial charge in [0.25, 0.3) is 0 Å². The summed E-state index contributed by atoms with van der Waals surface area (Å²) >= 11 is 3.35. The van der Waals surface area contributed by atoms with Gasteiger partial charge < -0.3 is 5.73 Å². The average Bonchev–Trinajstić information content (AvgIpc) is 2.02. The van der Waals surface area contributed by atoms with Crippen LogP contribution in [0.2, 0.25) is 0 Å². The molecule has 0 aromatic rings. The Morgan fingerprint density at radius 3 is 2.62 bits per heavy atom. The van der Waals surface area contributed by atoms with Crippen LogP contribution >= 0.6 is 15.9 Å². The Bertz CT molecular complexity index is 219. The van der Waals surface area contributed by atoms with Crippen molar-refractivity contribution in [3.8, 4) is 0 Å². The molecule has 74 valence electrons. The van der Waals surface area contributed by atoms with Crippen molar-refractivity contribution in [3.05, 3.63) is 22.2 Å². The van der Waals surface area contributed by atoms with Crippen LogP contribution in [0.25, 0.3) is 0 Å². The Morgan fingerprint density at radius 2 is 2.23 bits per heavy atom. The van der Waals surface area contributed by atoms with E-state index in [0.717, 1.165) is 22.8 Å². The van der Waals surface area contributed by atoms with Crippen LogP contribution in [0.1, 0.15) is 26.7 Å². The first-order valence-electron chi connectivity index (χ1n) is 4.37. The van der Waals surface area contributed by atoms with E-state index in [2.05, 4.69) is 15.9 Å². The summed E-state index contributed by atoms with van der Waals surface area (Å²) in [6.07, 6.45) is 6.25. The van der Waals surface area contributed by atoms with Gasteiger partial charge in [0.2, 0.25) is 0 Å². The lowest BCUT2D eigenvalue weighted by Gasteiger charge is -2.03. The molecule has 0 heterocycles. The minimum Gasteiger partial charge on any atom is -0.328 e. The van der Waals surface area contributed by atoms with E-state index in [1.807, 2.05) is 26.0 Å². The second-order valence-corrected chi connectivity index (χ2v) is 3.93. The Kier molecular flexibility index (Phi) is 6.82. The third kappa shape index (κ3) is 6.72. The number of carbonyl (C=O) groups excluding carboxylic acids is 1. The maximum atomic E-state index is 10.6. The van der Waals surface area contributed by atoms with Gasteiger partial charge in [-0.25, -0.2) is 0 Å². The smallest absolute Gasteiger partial charge is 0.146 e. The van der Waals surface area contributed by atoms with Crippen LogP contribution in [-0.2, 0) is 4.79 Å². The second kappa shape index (κ2) is 7.04. The Hall–Kier alpha value is -0.410. The fraction of sp³-hybridized carbons (Fsp3) is 0.500. The molecule has 0 aliphatic carbocycles. The molecular weight excluding hydrogens is 230 g/mol. The zero-order valence-electron chi connectivity index (χ0n) is 8.09. The first-order valence-corrected chi connectivity index (χ1v) is 5.16. The number of hydrogen-bond acceptors (Lipinski definition) is 2. The molecule has 2 N–H and O–H groups in total. The molecule has 1 unspecified atom stereocenters. The first-order chi connectivity index (χ1) is 6.10. The highest BCUT2D eigenvalue weighted by Gasteiger charge is 2.00. The van der Waals surface area contributed by atoms with Gasteiger partial charge in [0.05, 0.1) is 0 Å². The summed E-state index contributed by atoms with van der Waals surface area (Å²) in [5.41, 5.74) is 6.31. The largest absolute Gasteiger partial charge is 0.328 e. The van der Waals surface area contributed by atoms with Crippen molar-refractivity contribution in [2.45, 2.75) is 32.7 Å². The predicted octanol–water partition coefficient (Wildman–Crippen LogP) is 2.54. The topological polar surface area (TPSA) is 43.1 Å². The third-order valence-corrected chi connectivity index (χ3v) is 1.98. The molecule has 13 heavy (non-hydrogen) atoms. The van der Waals surface area contributed by atoms with Crippen molar-refractivity contribution < 1.29 is 4.79 Å². The molecule has 0 amide bonds. The molecule has 2 nitrogen and oxygen atoms in total. The lowest BCUT2D eigenvalue weighted by atomic mass is 10.1. The zero-order valence-corrected chi connectivity index (χ0v) is 9.67. The number of halogens is 1. The van der Waals surface area contributed by atoms with Crippen molar-refractivity contribution in [1.29, 1.82) is 0 Å². The lowest BCUT2D eigenvalue weighted by molar-refractivity contribution is -0.105. The van der Waals surface area contributed by atoms with Gasteiger partial charge in [-0.05, 0) is 31.4 Å². The Balaban J connectivity index is 4.37. The summed E-state index contributed by atoms with van der Waals surface area (Å²) in [5, 5.41) is 0. The number of aldehydes is 1. The molecule has 0 spiro atoms. The van der Waals surface area contributed by atoms with Crippen molar-refractivity contribution in [2.75, 3.05) is 0 Å². The van der Waals surface area contributed by atoms with Gasteiger partial charge in [0, 0.05) is 10.5 Å². The molecule has 0 aliphatic rings. The van der Waals surface area contributed by atoms with Gasteiger partial charge in [0.1, 0.15) is 6.29 Å². The maximum absolute atomic E-state index is 10.6. The molecular formula is C10H16BrNO. The molecule has 0 bridgehead atoms. The third-order valence-electron chi connectivity index (χ3n) is 1.43. The monoisotopic (exact) mass is 245 g/mol. The summed E-state index contributed by atoms with van der Waals surface area (Å²) in [5.74, 6) is 0.